The van der Waals surface area contributed by atoms with Crippen LogP contribution in [0.25, 0.3) is 0 Å². The normalized spacial score (nSPS) is 12.0. The molecule has 0 aliphatic rings. The van der Waals surface area contributed by atoms with Crippen LogP contribution in [0.1, 0.15) is 51.6 Å². The maximum absolute atomic E-state index is 4.73. The highest BCUT2D eigenvalue weighted by atomic mass is 15.3. The quantitative estimate of drug-likeness (QED) is 0.599. The van der Waals surface area contributed by atoms with Gasteiger partial charge in [-0.15, -0.1) is 0 Å². The largest absolute Gasteiger partial charge is 0.357 e. The van der Waals surface area contributed by atoms with Crippen LogP contribution in [0.3, 0.4) is 0 Å². The Balaban J connectivity index is 2.88. The Labute approximate surface area is 129 Å². The first-order valence-electron chi connectivity index (χ1n) is 8.09. The zero-order chi connectivity index (χ0) is 15.8. The van der Waals surface area contributed by atoms with Crippen molar-refractivity contribution in [1.82, 2.24) is 20.4 Å². The first-order valence-corrected chi connectivity index (χ1v) is 8.09. The van der Waals surface area contributed by atoms with Gasteiger partial charge in [0, 0.05) is 31.4 Å². The molecule has 1 rings (SSSR count). The van der Waals surface area contributed by atoms with Gasteiger partial charge in [-0.2, -0.15) is 5.10 Å². The summed E-state index contributed by atoms with van der Waals surface area (Å²) in [6.45, 7) is 13.3. The van der Waals surface area contributed by atoms with Crippen molar-refractivity contribution in [3.8, 4) is 0 Å². The molecule has 5 heteroatoms. The number of aryl methyl sites for hydroxylation is 2. The predicted molar refractivity (Wildman–Crippen MR) is 89.6 cm³/mol. The van der Waals surface area contributed by atoms with Gasteiger partial charge in [-0.3, -0.25) is 4.68 Å². The van der Waals surface area contributed by atoms with Gasteiger partial charge in [-0.05, 0) is 25.7 Å². The van der Waals surface area contributed by atoms with E-state index in [1.807, 2.05) is 11.7 Å². The molecule has 21 heavy (non-hydrogen) atoms. The fourth-order valence-electron chi connectivity index (χ4n) is 2.37. The Morgan fingerprint density at radius 3 is 2.43 bits per heavy atom. The Morgan fingerprint density at radius 1 is 1.19 bits per heavy atom. The van der Waals surface area contributed by atoms with E-state index < -0.39 is 0 Å². The van der Waals surface area contributed by atoms with Gasteiger partial charge in [0.05, 0.1) is 12.2 Å². The van der Waals surface area contributed by atoms with Crippen LogP contribution >= 0.6 is 0 Å². The molecule has 0 saturated carbocycles. The summed E-state index contributed by atoms with van der Waals surface area (Å²) in [6.07, 6.45) is 1.94. The van der Waals surface area contributed by atoms with Gasteiger partial charge in [0.25, 0.3) is 0 Å². The van der Waals surface area contributed by atoms with Gasteiger partial charge in [0.1, 0.15) is 0 Å². The van der Waals surface area contributed by atoms with Gasteiger partial charge in [0.2, 0.25) is 0 Å². The summed E-state index contributed by atoms with van der Waals surface area (Å²) in [5.41, 5.74) is 3.73. The number of nitrogens with zero attached hydrogens (tertiary/aromatic N) is 3. The molecule has 0 spiro atoms. The molecule has 0 aliphatic heterocycles. The molecule has 1 aromatic heterocycles. The van der Waals surface area contributed by atoms with Crippen LogP contribution < -0.4 is 10.6 Å². The Kier molecular flexibility index (Phi) is 7.26. The highest BCUT2D eigenvalue weighted by Gasteiger charge is 2.13. The average molecular weight is 293 g/mol. The summed E-state index contributed by atoms with van der Waals surface area (Å²) in [6, 6.07) is 0. The van der Waals surface area contributed by atoms with E-state index in [-0.39, 0.29) is 0 Å². The average Bonchev–Trinajstić information content (AvgIpc) is 2.76. The van der Waals surface area contributed by atoms with E-state index in [2.05, 4.69) is 50.4 Å². The molecule has 5 nitrogen and oxygen atoms in total. The number of hydrogen-bond acceptors (Lipinski definition) is 2. The lowest BCUT2D eigenvalue weighted by molar-refractivity contribution is 0.614. The van der Waals surface area contributed by atoms with E-state index in [0.717, 1.165) is 37.6 Å². The lowest BCUT2D eigenvalue weighted by Crippen LogP contribution is -2.39. The summed E-state index contributed by atoms with van der Waals surface area (Å²) < 4.78 is 2.00. The van der Waals surface area contributed by atoms with Gasteiger partial charge in [-0.1, -0.05) is 27.7 Å². The van der Waals surface area contributed by atoms with E-state index in [4.69, 9.17) is 4.99 Å². The van der Waals surface area contributed by atoms with Crippen molar-refractivity contribution in [2.75, 3.05) is 13.1 Å². The van der Waals surface area contributed by atoms with Crippen molar-refractivity contribution in [2.24, 2.45) is 18.0 Å². The zero-order valence-electron chi connectivity index (χ0n) is 14.5. The molecule has 0 aromatic carbocycles. The first kappa shape index (κ1) is 17.5. The fourth-order valence-corrected chi connectivity index (χ4v) is 2.37. The van der Waals surface area contributed by atoms with Gasteiger partial charge in [-0.25, -0.2) is 4.99 Å². The second kappa shape index (κ2) is 8.70. The van der Waals surface area contributed by atoms with E-state index in [0.29, 0.717) is 12.5 Å². The first-order chi connectivity index (χ1) is 10.0. The molecule has 1 heterocycles. The molecular weight excluding hydrogens is 262 g/mol. The smallest absolute Gasteiger partial charge is 0.191 e. The molecule has 0 atom stereocenters. The fraction of sp³-hybridized carbons (Fsp3) is 0.750. The Hall–Kier alpha value is -1.52. The third-order valence-corrected chi connectivity index (χ3v) is 3.45. The van der Waals surface area contributed by atoms with E-state index in [1.165, 1.54) is 11.3 Å². The summed E-state index contributed by atoms with van der Waals surface area (Å²) in [4.78, 5) is 4.73. The maximum atomic E-state index is 4.73. The molecule has 2 N–H and O–H groups in total. The minimum Gasteiger partial charge on any atom is -0.357 e. The second-order valence-electron chi connectivity index (χ2n) is 5.67. The minimum absolute atomic E-state index is 0.602. The predicted octanol–water partition coefficient (Wildman–Crippen LogP) is 2.26. The van der Waals surface area contributed by atoms with Gasteiger partial charge in [0.15, 0.2) is 5.96 Å². The molecule has 120 valence electrons. The van der Waals surface area contributed by atoms with Crippen LogP contribution in [-0.2, 0) is 26.4 Å². The minimum atomic E-state index is 0.602. The summed E-state index contributed by atoms with van der Waals surface area (Å²) in [7, 11) is 2.02. The van der Waals surface area contributed by atoms with Crippen LogP contribution in [0.2, 0.25) is 0 Å². The molecular formula is C16H31N5. The molecule has 0 radical (unpaired) electrons. The monoisotopic (exact) mass is 293 g/mol. The van der Waals surface area contributed by atoms with Crippen molar-refractivity contribution in [2.45, 2.75) is 54.0 Å². The van der Waals surface area contributed by atoms with E-state index in [9.17, 15) is 0 Å². The highest BCUT2D eigenvalue weighted by molar-refractivity contribution is 5.79. The van der Waals surface area contributed by atoms with Crippen LogP contribution in [-0.4, -0.2) is 28.8 Å². The number of rotatable bonds is 7. The van der Waals surface area contributed by atoms with Crippen molar-refractivity contribution in [3.05, 3.63) is 17.0 Å². The van der Waals surface area contributed by atoms with Crippen LogP contribution in [0.4, 0.5) is 0 Å². The third kappa shape index (κ3) is 5.06. The SMILES string of the molecule is CCNC(=NCc1c(CC)nn(C)c1CC)NCC(C)C. The lowest BCUT2D eigenvalue weighted by Gasteiger charge is -2.13. The topological polar surface area (TPSA) is 54.2 Å². The highest BCUT2D eigenvalue weighted by Crippen LogP contribution is 2.16. The van der Waals surface area contributed by atoms with E-state index >= 15 is 0 Å². The lowest BCUT2D eigenvalue weighted by atomic mass is 10.1. The standard InChI is InChI=1S/C16H31N5/c1-7-14-13(15(8-2)21(6)20-14)11-19-16(17-9-3)18-10-12(4)5/h12H,7-11H2,1-6H3,(H2,17,18,19). The summed E-state index contributed by atoms with van der Waals surface area (Å²) >= 11 is 0. The number of nitrogens with one attached hydrogen (secondary N) is 2. The zero-order valence-corrected chi connectivity index (χ0v) is 14.5. The number of guanidine groups is 1. The summed E-state index contributed by atoms with van der Waals surface area (Å²) in [5, 5.41) is 11.3. The molecule has 0 bridgehead atoms. The second-order valence-corrected chi connectivity index (χ2v) is 5.67. The van der Waals surface area contributed by atoms with Crippen molar-refractivity contribution >= 4 is 5.96 Å². The molecule has 0 saturated heterocycles. The number of hydrogen-bond donors (Lipinski definition) is 2. The summed E-state index contributed by atoms with van der Waals surface area (Å²) in [5.74, 6) is 1.49. The van der Waals surface area contributed by atoms with Crippen LogP contribution in [0.5, 0.6) is 0 Å². The maximum Gasteiger partial charge on any atom is 0.191 e. The van der Waals surface area contributed by atoms with Crippen molar-refractivity contribution < 1.29 is 0 Å². The van der Waals surface area contributed by atoms with Crippen LogP contribution in [0.15, 0.2) is 4.99 Å². The van der Waals surface area contributed by atoms with Crippen molar-refractivity contribution in [3.63, 3.8) is 0 Å². The molecule has 0 aliphatic carbocycles. The van der Waals surface area contributed by atoms with Crippen LogP contribution in [0, 0.1) is 5.92 Å². The number of aliphatic imine (C=N–C) groups is 1. The molecule has 0 fully saturated rings. The van der Waals surface area contributed by atoms with Gasteiger partial charge < -0.3 is 10.6 Å². The van der Waals surface area contributed by atoms with Gasteiger partial charge >= 0.3 is 0 Å². The van der Waals surface area contributed by atoms with E-state index in [1.54, 1.807) is 0 Å². The van der Waals surface area contributed by atoms with Crippen molar-refractivity contribution in [1.29, 1.82) is 0 Å². The Morgan fingerprint density at radius 2 is 1.90 bits per heavy atom. The molecule has 0 amide bonds. The number of aromatic nitrogens is 2. The third-order valence-electron chi connectivity index (χ3n) is 3.45. The Bertz CT molecular complexity index is 459. The molecule has 1 aromatic rings. The molecule has 0 unspecified atom stereocenters.